The number of hydrogen-bond donors (Lipinski definition) is 0. The van der Waals surface area contributed by atoms with Crippen molar-refractivity contribution in [2.75, 3.05) is 13.6 Å². The van der Waals surface area contributed by atoms with E-state index in [1.807, 2.05) is 19.2 Å². The fraction of sp³-hybridized carbons (Fsp3) is 0.400. The van der Waals surface area contributed by atoms with Gasteiger partial charge in [-0.3, -0.25) is 4.90 Å². The molecule has 0 bridgehead atoms. The van der Waals surface area contributed by atoms with Gasteiger partial charge in [0.1, 0.15) is 0 Å². The number of terminal acetylenes is 1. The minimum Gasteiger partial charge on any atom is -0.288 e. The van der Waals surface area contributed by atoms with Crippen LogP contribution in [-0.2, 0) is 0 Å². The van der Waals surface area contributed by atoms with Crippen molar-refractivity contribution in [3.63, 3.8) is 0 Å². The van der Waals surface area contributed by atoms with Gasteiger partial charge in [-0.1, -0.05) is 17.5 Å². The second-order valence-electron chi connectivity index (χ2n) is 2.94. The van der Waals surface area contributed by atoms with E-state index in [1.165, 1.54) is 4.88 Å². The van der Waals surface area contributed by atoms with E-state index in [-0.39, 0.29) is 0 Å². The summed E-state index contributed by atoms with van der Waals surface area (Å²) in [7, 11) is 2.01. The molecule has 0 amide bonds. The first-order valence-electron chi connectivity index (χ1n) is 4.04. The van der Waals surface area contributed by atoms with Crippen molar-refractivity contribution in [3.8, 4) is 12.3 Å². The van der Waals surface area contributed by atoms with Gasteiger partial charge in [0.25, 0.3) is 0 Å². The van der Waals surface area contributed by atoms with Gasteiger partial charge in [-0.2, -0.15) is 0 Å². The normalized spacial score (nSPS) is 12.8. The summed E-state index contributed by atoms with van der Waals surface area (Å²) in [4.78, 5) is 3.37. The van der Waals surface area contributed by atoms with Crippen molar-refractivity contribution >= 4 is 22.9 Å². The van der Waals surface area contributed by atoms with Gasteiger partial charge in [-0.25, -0.2) is 0 Å². The van der Waals surface area contributed by atoms with E-state index in [0.717, 1.165) is 4.34 Å². The van der Waals surface area contributed by atoms with E-state index in [2.05, 4.69) is 17.7 Å². The molecule has 1 heterocycles. The van der Waals surface area contributed by atoms with Crippen LogP contribution in [0.3, 0.4) is 0 Å². The molecule has 0 aliphatic rings. The Kier molecular flexibility index (Phi) is 3.80. The van der Waals surface area contributed by atoms with Crippen LogP contribution in [0.2, 0.25) is 4.34 Å². The summed E-state index contributed by atoms with van der Waals surface area (Å²) < 4.78 is 0.830. The molecule has 3 heteroatoms. The summed E-state index contributed by atoms with van der Waals surface area (Å²) in [6.07, 6.45) is 5.24. The number of rotatable bonds is 3. The number of halogens is 1. The van der Waals surface area contributed by atoms with Gasteiger partial charge < -0.3 is 0 Å². The molecular formula is C10H12ClNS. The predicted octanol–water partition coefficient (Wildman–Crippen LogP) is 3.03. The first-order valence-corrected chi connectivity index (χ1v) is 5.23. The summed E-state index contributed by atoms with van der Waals surface area (Å²) in [6, 6.07) is 4.31. The molecule has 0 radical (unpaired) electrons. The monoisotopic (exact) mass is 213 g/mol. The van der Waals surface area contributed by atoms with Crippen LogP contribution < -0.4 is 0 Å². The number of thiophene rings is 1. The molecule has 0 N–H and O–H groups in total. The van der Waals surface area contributed by atoms with Crippen LogP contribution >= 0.6 is 22.9 Å². The zero-order chi connectivity index (χ0) is 9.84. The lowest BCUT2D eigenvalue weighted by Gasteiger charge is -2.20. The molecule has 0 saturated heterocycles. The Labute approximate surface area is 88.3 Å². The van der Waals surface area contributed by atoms with E-state index >= 15 is 0 Å². The fourth-order valence-corrected chi connectivity index (χ4v) is 2.23. The van der Waals surface area contributed by atoms with E-state index in [9.17, 15) is 0 Å². The summed E-state index contributed by atoms with van der Waals surface area (Å²) in [5.74, 6) is 2.62. The van der Waals surface area contributed by atoms with E-state index < -0.39 is 0 Å². The van der Waals surface area contributed by atoms with Crippen LogP contribution in [0.25, 0.3) is 0 Å². The minimum absolute atomic E-state index is 0.341. The lowest BCUT2D eigenvalue weighted by molar-refractivity contribution is 0.298. The van der Waals surface area contributed by atoms with Crippen LogP contribution in [0.5, 0.6) is 0 Å². The Balaban J connectivity index is 2.68. The summed E-state index contributed by atoms with van der Waals surface area (Å²) in [6.45, 7) is 2.79. The molecule has 1 nitrogen and oxygen atoms in total. The minimum atomic E-state index is 0.341. The molecule has 1 rings (SSSR count). The molecule has 0 spiro atoms. The van der Waals surface area contributed by atoms with Crippen molar-refractivity contribution in [2.45, 2.75) is 13.0 Å². The third-order valence-electron chi connectivity index (χ3n) is 2.01. The van der Waals surface area contributed by atoms with E-state index in [4.69, 9.17) is 18.0 Å². The highest BCUT2D eigenvalue weighted by atomic mass is 35.5. The predicted molar refractivity (Wildman–Crippen MR) is 59.2 cm³/mol. The molecule has 1 unspecified atom stereocenters. The second-order valence-corrected chi connectivity index (χ2v) is 4.68. The van der Waals surface area contributed by atoms with Crippen LogP contribution in [0, 0.1) is 12.3 Å². The third kappa shape index (κ3) is 2.73. The maximum Gasteiger partial charge on any atom is 0.0931 e. The molecule has 0 saturated carbocycles. The summed E-state index contributed by atoms with van der Waals surface area (Å²) >= 11 is 7.45. The highest BCUT2D eigenvalue weighted by Gasteiger charge is 2.12. The number of hydrogen-bond acceptors (Lipinski definition) is 2. The zero-order valence-electron chi connectivity index (χ0n) is 7.75. The highest BCUT2D eigenvalue weighted by molar-refractivity contribution is 7.16. The molecule has 0 aromatic carbocycles. The lowest BCUT2D eigenvalue weighted by Crippen LogP contribution is -2.21. The maximum absolute atomic E-state index is 5.85. The Morgan fingerprint density at radius 3 is 2.85 bits per heavy atom. The van der Waals surface area contributed by atoms with Gasteiger partial charge in [-0.05, 0) is 26.1 Å². The largest absolute Gasteiger partial charge is 0.288 e. The standard InChI is InChI=1S/C10H12ClNS/c1-4-7-12(3)8(2)9-5-6-10(11)13-9/h1,5-6,8H,7H2,2-3H3. The van der Waals surface area contributed by atoms with Crippen molar-refractivity contribution in [1.29, 1.82) is 0 Å². The van der Waals surface area contributed by atoms with Gasteiger partial charge >= 0.3 is 0 Å². The quantitative estimate of drug-likeness (QED) is 0.698. The molecule has 1 atom stereocenters. The molecule has 1 aromatic rings. The zero-order valence-corrected chi connectivity index (χ0v) is 9.32. The first-order chi connectivity index (χ1) is 6.15. The van der Waals surface area contributed by atoms with Gasteiger partial charge in [0.05, 0.1) is 10.9 Å². The van der Waals surface area contributed by atoms with Crippen molar-refractivity contribution in [3.05, 3.63) is 21.3 Å². The Bertz CT molecular complexity index is 313. The fourth-order valence-electron chi connectivity index (χ4n) is 1.05. The Hall–Kier alpha value is -0.490. The van der Waals surface area contributed by atoms with Crippen LogP contribution in [0.4, 0.5) is 0 Å². The number of nitrogens with zero attached hydrogens (tertiary/aromatic N) is 1. The molecule has 0 aliphatic heterocycles. The molecule has 1 aromatic heterocycles. The van der Waals surface area contributed by atoms with Gasteiger partial charge in [0.15, 0.2) is 0 Å². The summed E-state index contributed by atoms with van der Waals surface area (Å²) in [5.41, 5.74) is 0. The molecule has 70 valence electrons. The van der Waals surface area contributed by atoms with Crippen LogP contribution in [0.15, 0.2) is 12.1 Å². The van der Waals surface area contributed by atoms with Crippen molar-refractivity contribution in [1.82, 2.24) is 4.90 Å². The van der Waals surface area contributed by atoms with Gasteiger partial charge in [0, 0.05) is 10.9 Å². The lowest BCUT2D eigenvalue weighted by atomic mass is 10.2. The average Bonchev–Trinajstić information content (AvgIpc) is 2.51. The summed E-state index contributed by atoms with van der Waals surface area (Å²) in [5, 5.41) is 0. The smallest absolute Gasteiger partial charge is 0.0931 e. The second kappa shape index (κ2) is 4.66. The Morgan fingerprint density at radius 2 is 2.38 bits per heavy atom. The molecule has 13 heavy (non-hydrogen) atoms. The SMILES string of the molecule is C#CCN(C)C(C)c1ccc(Cl)s1. The van der Waals surface area contributed by atoms with Crippen LogP contribution in [-0.4, -0.2) is 18.5 Å². The van der Waals surface area contributed by atoms with Gasteiger partial charge in [0.2, 0.25) is 0 Å². The third-order valence-corrected chi connectivity index (χ3v) is 3.41. The van der Waals surface area contributed by atoms with Crippen molar-refractivity contribution < 1.29 is 0 Å². The molecule has 0 aliphatic carbocycles. The average molecular weight is 214 g/mol. The Morgan fingerprint density at radius 1 is 1.69 bits per heavy atom. The maximum atomic E-state index is 5.85. The van der Waals surface area contributed by atoms with Crippen LogP contribution in [0.1, 0.15) is 17.8 Å². The van der Waals surface area contributed by atoms with E-state index in [1.54, 1.807) is 11.3 Å². The molecule has 0 fully saturated rings. The molecular weight excluding hydrogens is 202 g/mol. The van der Waals surface area contributed by atoms with Gasteiger partial charge in [-0.15, -0.1) is 17.8 Å². The van der Waals surface area contributed by atoms with E-state index in [0.29, 0.717) is 12.6 Å². The topological polar surface area (TPSA) is 3.24 Å². The highest BCUT2D eigenvalue weighted by Crippen LogP contribution is 2.29. The van der Waals surface area contributed by atoms with Crippen molar-refractivity contribution in [2.24, 2.45) is 0 Å². The first kappa shape index (κ1) is 10.6.